The van der Waals surface area contributed by atoms with Gasteiger partial charge in [0.2, 0.25) is 0 Å². The molecule has 5 heteroatoms. The highest BCUT2D eigenvalue weighted by Gasteiger charge is 2.18. The van der Waals surface area contributed by atoms with E-state index in [1.54, 1.807) is 0 Å². The van der Waals surface area contributed by atoms with E-state index in [-0.39, 0.29) is 0 Å². The Morgan fingerprint density at radius 1 is 1.54 bits per heavy atom. The van der Waals surface area contributed by atoms with Gasteiger partial charge in [-0.15, -0.1) is 9.24 Å². The molecule has 1 aromatic rings. The number of hydrogen-bond donors (Lipinski definition) is 0. The average molecular weight is 216 g/mol. The lowest BCUT2D eigenvalue weighted by molar-refractivity contribution is 0.296. The summed E-state index contributed by atoms with van der Waals surface area (Å²) in [7, 11) is 2.72. The smallest absolute Gasteiger partial charge is 0.137 e. The van der Waals surface area contributed by atoms with E-state index in [0.717, 1.165) is 37.1 Å². The summed E-state index contributed by atoms with van der Waals surface area (Å²) in [5.74, 6) is 0. The monoisotopic (exact) mass is 215 g/mol. The molecule has 0 fully saturated rings. The molecule has 0 saturated heterocycles. The SMILES string of the molecule is PCN1CCc2ncnc(Cl)c2C1. The van der Waals surface area contributed by atoms with Crippen LogP contribution in [0, 0.1) is 0 Å². The summed E-state index contributed by atoms with van der Waals surface area (Å²) in [5, 5.41) is 0.605. The lowest BCUT2D eigenvalue weighted by Gasteiger charge is -2.26. The third-order valence-corrected chi connectivity index (χ3v) is 3.13. The molecule has 0 aliphatic carbocycles. The van der Waals surface area contributed by atoms with Crippen molar-refractivity contribution in [1.82, 2.24) is 14.9 Å². The van der Waals surface area contributed by atoms with Crippen LogP contribution in [0.15, 0.2) is 6.33 Å². The van der Waals surface area contributed by atoms with Crippen molar-refractivity contribution in [2.75, 3.05) is 12.8 Å². The highest BCUT2D eigenvalue weighted by Crippen LogP contribution is 2.22. The Kier molecular flexibility index (Phi) is 2.77. The third-order valence-electron chi connectivity index (χ3n) is 2.29. The van der Waals surface area contributed by atoms with Gasteiger partial charge in [0.1, 0.15) is 11.5 Å². The average Bonchev–Trinajstić information content (AvgIpc) is 2.18. The summed E-state index contributed by atoms with van der Waals surface area (Å²) in [5.41, 5.74) is 2.20. The summed E-state index contributed by atoms with van der Waals surface area (Å²) in [6.07, 6.45) is 3.49. The first-order valence-electron chi connectivity index (χ1n) is 4.22. The van der Waals surface area contributed by atoms with E-state index in [0.29, 0.717) is 5.15 Å². The molecule has 1 aliphatic rings. The summed E-state index contributed by atoms with van der Waals surface area (Å²) >= 11 is 5.98. The Balaban J connectivity index is 2.32. The van der Waals surface area contributed by atoms with Crippen LogP contribution in [0.1, 0.15) is 11.3 Å². The van der Waals surface area contributed by atoms with E-state index in [1.165, 1.54) is 6.33 Å². The van der Waals surface area contributed by atoms with Gasteiger partial charge >= 0.3 is 0 Å². The van der Waals surface area contributed by atoms with E-state index >= 15 is 0 Å². The fourth-order valence-electron chi connectivity index (χ4n) is 1.52. The van der Waals surface area contributed by atoms with E-state index in [1.807, 2.05) is 0 Å². The molecule has 0 spiro atoms. The molecule has 2 rings (SSSR count). The van der Waals surface area contributed by atoms with Crippen molar-refractivity contribution in [3.05, 3.63) is 22.7 Å². The zero-order chi connectivity index (χ0) is 9.26. The first kappa shape index (κ1) is 9.32. The number of nitrogens with zero attached hydrogens (tertiary/aromatic N) is 3. The zero-order valence-electron chi connectivity index (χ0n) is 7.20. The van der Waals surface area contributed by atoms with Crippen LogP contribution < -0.4 is 0 Å². The Morgan fingerprint density at radius 3 is 3.15 bits per heavy atom. The quantitative estimate of drug-likeness (QED) is 0.523. The van der Waals surface area contributed by atoms with Crippen molar-refractivity contribution < 1.29 is 0 Å². The van der Waals surface area contributed by atoms with Gasteiger partial charge in [-0.05, 0) is 0 Å². The van der Waals surface area contributed by atoms with Gasteiger partial charge in [0.25, 0.3) is 0 Å². The lowest BCUT2D eigenvalue weighted by atomic mass is 10.1. The Hall–Kier alpha value is -0.240. The van der Waals surface area contributed by atoms with Crippen LogP contribution in [-0.2, 0) is 13.0 Å². The molecule has 70 valence electrons. The van der Waals surface area contributed by atoms with Crippen molar-refractivity contribution in [3.63, 3.8) is 0 Å². The molecular weight excluding hydrogens is 205 g/mol. The maximum absolute atomic E-state index is 5.98. The maximum atomic E-state index is 5.98. The number of aromatic nitrogens is 2. The normalized spacial score (nSPS) is 17.1. The predicted octanol–water partition coefficient (Wildman–Crippen LogP) is 1.32. The molecule has 0 saturated carbocycles. The molecule has 0 aromatic carbocycles. The van der Waals surface area contributed by atoms with E-state index in [4.69, 9.17) is 11.6 Å². The second kappa shape index (κ2) is 3.87. The van der Waals surface area contributed by atoms with Crippen molar-refractivity contribution in [2.24, 2.45) is 0 Å². The molecule has 0 amide bonds. The molecule has 1 aromatic heterocycles. The van der Waals surface area contributed by atoms with E-state index in [2.05, 4.69) is 24.1 Å². The van der Waals surface area contributed by atoms with Crippen LogP contribution in [0.5, 0.6) is 0 Å². The molecule has 1 atom stereocenters. The van der Waals surface area contributed by atoms with Gasteiger partial charge < -0.3 is 0 Å². The molecule has 0 N–H and O–H groups in total. The largest absolute Gasteiger partial charge is 0.295 e. The fourth-order valence-corrected chi connectivity index (χ4v) is 2.04. The van der Waals surface area contributed by atoms with Gasteiger partial charge in [-0.25, -0.2) is 9.97 Å². The van der Waals surface area contributed by atoms with Gasteiger partial charge in [0.05, 0.1) is 5.69 Å². The minimum atomic E-state index is 0.605. The van der Waals surface area contributed by atoms with Gasteiger partial charge in [0.15, 0.2) is 0 Å². The second-order valence-electron chi connectivity index (χ2n) is 3.07. The molecule has 0 radical (unpaired) electrons. The number of rotatable bonds is 1. The second-order valence-corrected chi connectivity index (χ2v) is 3.80. The van der Waals surface area contributed by atoms with Crippen LogP contribution >= 0.6 is 20.8 Å². The predicted molar refractivity (Wildman–Crippen MR) is 55.7 cm³/mol. The first-order valence-corrected chi connectivity index (χ1v) is 5.41. The number of fused-ring (bicyclic) bond motifs is 1. The molecule has 3 nitrogen and oxygen atoms in total. The molecular formula is C8H11ClN3P. The third kappa shape index (κ3) is 1.83. The molecule has 1 aliphatic heterocycles. The van der Waals surface area contributed by atoms with Crippen LogP contribution in [0.4, 0.5) is 0 Å². The highest BCUT2D eigenvalue weighted by molar-refractivity contribution is 7.16. The summed E-state index contributed by atoms with van der Waals surface area (Å²) in [6, 6.07) is 0. The molecule has 13 heavy (non-hydrogen) atoms. The summed E-state index contributed by atoms with van der Waals surface area (Å²) in [6.45, 7) is 1.93. The van der Waals surface area contributed by atoms with E-state index in [9.17, 15) is 0 Å². The summed E-state index contributed by atoms with van der Waals surface area (Å²) in [4.78, 5) is 10.5. The van der Waals surface area contributed by atoms with Crippen LogP contribution in [0.3, 0.4) is 0 Å². The highest BCUT2D eigenvalue weighted by atomic mass is 35.5. The van der Waals surface area contributed by atoms with Crippen molar-refractivity contribution in [2.45, 2.75) is 13.0 Å². The van der Waals surface area contributed by atoms with Gasteiger partial charge in [-0.3, -0.25) is 4.90 Å². The Bertz CT molecular complexity index is 318. The Labute approximate surface area is 84.7 Å². The standard InChI is InChI=1S/C8H11ClN3P/c9-8-6-3-12(5-13)2-1-7(6)10-4-11-8/h4H,1-3,5,13H2. The van der Waals surface area contributed by atoms with Gasteiger partial charge in [-0.2, -0.15) is 0 Å². The first-order chi connectivity index (χ1) is 6.31. The van der Waals surface area contributed by atoms with Crippen LogP contribution in [0.25, 0.3) is 0 Å². The molecule has 1 unspecified atom stereocenters. The summed E-state index contributed by atoms with van der Waals surface area (Å²) < 4.78 is 0. The minimum Gasteiger partial charge on any atom is -0.295 e. The molecule has 0 bridgehead atoms. The maximum Gasteiger partial charge on any atom is 0.137 e. The fraction of sp³-hybridized carbons (Fsp3) is 0.500. The van der Waals surface area contributed by atoms with E-state index < -0.39 is 0 Å². The van der Waals surface area contributed by atoms with Gasteiger partial charge in [0, 0.05) is 31.4 Å². The molecule has 2 heterocycles. The van der Waals surface area contributed by atoms with Crippen molar-refractivity contribution in [3.8, 4) is 0 Å². The Morgan fingerprint density at radius 2 is 2.38 bits per heavy atom. The van der Waals surface area contributed by atoms with Crippen LogP contribution in [0.2, 0.25) is 5.15 Å². The number of hydrogen-bond acceptors (Lipinski definition) is 3. The minimum absolute atomic E-state index is 0.605. The van der Waals surface area contributed by atoms with Crippen molar-refractivity contribution >= 4 is 20.8 Å². The van der Waals surface area contributed by atoms with Crippen LogP contribution in [-0.4, -0.2) is 27.7 Å². The van der Waals surface area contributed by atoms with Crippen molar-refractivity contribution in [1.29, 1.82) is 0 Å². The number of halogens is 1. The van der Waals surface area contributed by atoms with Gasteiger partial charge in [-0.1, -0.05) is 11.6 Å². The lowest BCUT2D eigenvalue weighted by Crippen LogP contribution is -2.30. The zero-order valence-corrected chi connectivity index (χ0v) is 9.11. The topological polar surface area (TPSA) is 29.0 Å².